The van der Waals surface area contributed by atoms with Gasteiger partial charge in [0.15, 0.2) is 0 Å². The Morgan fingerprint density at radius 2 is 2.00 bits per heavy atom. The Balaban J connectivity index is 2.18. The highest BCUT2D eigenvalue weighted by atomic mass is 16.5. The van der Waals surface area contributed by atoms with Gasteiger partial charge in [0, 0.05) is 19.3 Å². The number of nitrogens with zero attached hydrogens (tertiary/aromatic N) is 2. The number of hydrogen-bond acceptors (Lipinski definition) is 4. The van der Waals surface area contributed by atoms with Crippen molar-refractivity contribution in [2.24, 2.45) is 0 Å². The maximum Gasteiger partial charge on any atom is 0.269 e. The van der Waals surface area contributed by atoms with Crippen molar-refractivity contribution < 1.29 is 9.53 Å². The van der Waals surface area contributed by atoms with E-state index < -0.39 is 0 Å². The van der Waals surface area contributed by atoms with Gasteiger partial charge in [-0.1, -0.05) is 0 Å². The fourth-order valence-electron chi connectivity index (χ4n) is 1.46. The van der Waals surface area contributed by atoms with E-state index in [1.54, 1.807) is 36.4 Å². The van der Waals surface area contributed by atoms with Crippen molar-refractivity contribution in [3.8, 4) is 17.6 Å². The third-order valence-electron chi connectivity index (χ3n) is 2.41. The highest BCUT2D eigenvalue weighted by molar-refractivity contribution is 5.92. The molecule has 5 heteroatoms. The Labute approximate surface area is 110 Å². The van der Waals surface area contributed by atoms with E-state index in [9.17, 15) is 4.79 Å². The fraction of sp³-hybridized carbons (Fsp3) is 0.0714. The number of amides is 1. The Morgan fingerprint density at radius 3 is 2.63 bits per heavy atom. The number of pyridine rings is 1. The molecular weight excluding hydrogens is 242 g/mol. The van der Waals surface area contributed by atoms with Crippen molar-refractivity contribution in [1.29, 1.82) is 5.26 Å². The van der Waals surface area contributed by atoms with Gasteiger partial charge in [0.25, 0.3) is 5.91 Å². The number of ether oxygens (including phenoxy) is 1. The lowest BCUT2D eigenvalue weighted by atomic mass is 10.2. The molecule has 1 heterocycles. The molecule has 0 bridgehead atoms. The third kappa shape index (κ3) is 3.07. The Morgan fingerprint density at radius 1 is 1.26 bits per heavy atom. The molecule has 0 radical (unpaired) electrons. The van der Waals surface area contributed by atoms with E-state index in [1.165, 1.54) is 13.2 Å². The van der Waals surface area contributed by atoms with E-state index in [0.29, 0.717) is 17.1 Å². The molecule has 0 spiro atoms. The molecule has 0 aliphatic heterocycles. The molecule has 0 saturated carbocycles. The molecule has 1 amide bonds. The van der Waals surface area contributed by atoms with Crippen LogP contribution in [-0.2, 0) is 0 Å². The number of hydrogen-bond donors (Lipinski definition) is 1. The first-order valence-corrected chi connectivity index (χ1v) is 5.59. The van der Waals surface area contributed by atoms with Crippen LogP contribution in [0.4, 0.5) is 0 Å². The number of rotatable bonds is 3. The highest BCUT2D eigenvalue weighted by Gasteiger charge is 2.06. The lowest BCUT2D eigenvalue weighted by Gasteiger charge is -2.06. The van der Waals surface area contributed by atoms with Gasteiger partial charge >= 0.3 is 0 Å². The molecule has 0 atom stereocenters. The fourth-order valence-corrected chi connectivity index (χ4v) is 1.46. The van der Waals surface area contributed by atoms with Gasteiger partial charge < -0.3 is 10.1 Å². The first-order chi connectivity index (χ1) is 9.22. The van der Waals surface area contributed by atoms with Crippen LogP contribution < -0.4 is 10.1 Å². The van der Waals surface area contributed by atoms with Gasteiger partial charge in [-0.05, 0) is 30.3 Å². The molecule has 0 saturated heterocycles. The van der Waals surface area contributed by atoms with Crippen molar-refractivity contribution in [1.82, 2.24) is 10.3 Å². The SMILES string of the molecule is CNC(=O)c1cc(Oc2ccc(C#N)cc2)ccn1. The molecule has 5 nitrogen and oxygen atoms in total. The van der Waals surface area contributed by atoms with Crippen LogP contribution in [0.15, 0.2) is 42.6 Å². The third-order valence-corrected chi connectivity index (χ3v) is 2.41. The van der Waals surface area contributed by atoms with Crippen molar-refractivity contribution >= 4 is 5.91 Å². The topological polar surface area (TPSA) is 75.0 Å². The molecule has 2 aromatic rings. The average Bonchev–Trinajstić information content (AvgIpc) is 2.47. The van der Waals surface area contributed by atoms with Gasteiger partial charge in [-0.2, -0.15) is 5.26 Å². The summed E-state index contributed by atoms with van der Waals surface area (Å²) in [6.45, 7) is 0. The van der Waals surface area contributed by atoms with Crippen molar-refractivity contribution in [3.05, 3.63) is 53.9 Å². The van der Waals surface area contributed by atoms with E-state index in [-0.39, 0.29) is 11.6 Å². The van der Waals surface area contributed by atoms with Gasteiger partial charge in [0.05, 0.1) is 11.6 Å². The zero-order valence-electron chi connectivity index (χ0n) is 10.3. The van der Waals surface area contributed by atoms with E-state index in [4.69, 9.17) is 10.00 Å². The minimum absolute atomic E-state index is 0.273. The van der Waals surface area contributed by atoms with Crippen molar-refractivity contribution in [3.63, 3.8) is 0 Å². The first kappa shape index (κ1) is 12.6. The summed E-state index contributed by atoms with van der Waals surface area (Å²) in [7, 11) is 1.54. The molecule has 0 aliphatic rings. The summed E-state index contributed by atoms with van der Waals surface area (Å²) >= 11 is 0. The van der Waals surface area contributed by atoms with Gasteiger partial charge in [-0.15, -0.1) is 0 Å². The number of carbonyl (C=O) groups is 1. The van der Waals surface area contributed by atoms with Crippen LogP contribution in [0.25, 0.3) is 0 Å². The van der Waals surface area contributed by atoms with Gasteiger partial charge in [0.2, 0.25) is 0 Å². The minimum Gasteiger partial charge on any atom is -0.457 e. The monoisotopic (exact) mass is 253 g/mol. The molecule has 2 rings (SSSR count). The van der Waals surface area contributed by atoms with Crippen LogP contribution in [0.5, 0.6) is 11.5 Å². The van der Waals surface area contributed by atoms with E-state index in [1.807, 2.05) is 6.07 Å². The lowest BCUT2D eigenvalue weighted by Crippen LogP contribution is -2.18. The number of benzene rings is 1. The van der Waals surface area contributed by atoms with Crippen LogP contribution in [0, 0.1) is 11.3 Å². The summed E-state index contributed by atoms with van der Waals surface area (Å²) in [4.78, 5) is 15.4. The smallest absolute Gasteiger partial charge is 0.269 e. The Bertz CT molecular complexity index is 630. The summed E-state index contributed by atoms with van der Waals surface area (Å²) in [6.07, 6.45) is 1.50. The van der Waals surface area contributed by atoms with E-state index in [0.717, 1.165) is 0 Å². The predicted molar refractivity (Wildman–Crippen MR) is 68.9 cm³/mol. The molecule has 0 unspecified atom stereocenters. The largest absolute Gasteiger partial charge is 0.457 e. The predicted octanol–water partition coefficient (Wildman–Crippen LogP) is 2.11. The second-order valence-corrected chi connectivity index (χ2v) is 3.69. The Hall–Kier alpha value is -2.87. The van der Waals surface area contributed by atoms with Crippen LogP contribution in [-0.4, -0.2) is 17.9 Å². The Kier molecular flexibility index (Phi) is 3.74. The number of carbonyl (C=O) groups excluding carboxylic acids is 1. The summed E-state index contributed by atoms with van der Waals surface area (Å²) in [5.41, 5.74) is 0.849. The zero-order valence-corrected chi connectivity index (χ0v) is 10.3. The molecule has 0 fully saturated rings. The molecule has 0 aliphatic carbocycles. The minimum atomic E-state index is -0.273. The van der Waals surface area contributed by atoms with Crippen LogP contribution in [0.1, 0.15) is 16.1 Å². The molecule has 19 heavy (non-hydrogen) atoms. The van der Waals surface area contributed by atoms with Gasteiger partial charge in [-0.25, -0.2) is 0 Å². The first-order valence-electron chi connectivity index (χ1n) is 5.59. The second-order valence-electron chi connectivity index (χ2n) is 3.69. The maximum absolute atomic E-state index is 11.4. The lowest BCUT2D eigenvalue weighted by molar-refractivity contribution is 0.0958. The van der Waals surface area contributed by atoms with Crippen LogP contribution >= 0.6 is 0 Å². The summed E-state index contributed by atoms with van der Waals surface area (Å²) in [5.74, 6) is 0.830. The quantitative estimate of drug-likeness (QED) is 0.908. The summed E-state index contributed by atoms with van der Waals surface area (Å²) in [5, 5.41) is 11.2. The standard InChI is InChI=1S/C14H11N3O2/c1-16-14(18)13-8-12(6-7-17-13)19-11-4-2-10(9-15)3-5-11/h2-8H,1H3,(H,16,18). The number of nitriles is 1. The van der Waals surface area contributed by atoms with Crippen LogP contribution in [0.3, 0.4) is 0 Å². The number of aromatic nitrogens is 1. The van der Waals surface area contributed by atoms with E-state index >= 15 is 0 Å². The summed E-state index contributed by atoms with van der Waals surface area (Å²) < 4.78 is 5.58. The normalized spacial score (nSPS) is 9.47. The number of nitrogens with one attached hydrogen (secondary N) is 1. The maximum atomic E-state index is 11.4. The zero-order chi connectivity index (χ0) is 13.7. The average molecular weight is 253 g/mol. The van der Waals surface area contributed by atoms with Gasteiger partial charge in [-0.3, -0.25) is 9.78 Å². The second kappa shape index (κ2) is 5.65. The molecule has 1 aromatic heterocycles. The van der Waals surface area contributed by atoms with Crippen molar-refractivity contribution in [2.75, 3.05) is 7.05 Å². The molecule has 94 valence electrons. The molecule has 1 N–H and O–H groups in total. The van der Waals surface area contributed by atoms with Gasteiger partial charge in [0.1, 0.15) is 17.2 Å². The highest BCUT2D eigenvalue weighted by Crippen LogP contribution is 2.21. The molecular formula is C14H11N3O2. The van der Waals surface area contributed by atoms with E-state index in [2.05, 4.69) is 10.3 Å². The molecule has 1 aromatic carbocycles. The van der Waals surface area contributed by atoms with Crippen LogP contribution in [0.2, 0.25) is 0 Å². The summed E-state index contributed by atoms with van der Waals surface area (Å²) in [6, 6.07) is 12.0. The van der Waals surface area contributed by atoms with Crippen molar-refractivity contribution in [2.45, 2.75) is 0 Å².